The maximum atomic E-state index is 12.5. The van der Waals surface area contributed by atoms with E-state index in [-0.39, 0.29) is 10.7 Å². The first-order chi connectivity index (χ1) is 13.5. The number of sulfonamides is 1. The number of ether oxygens (including phenoxy) is 1. The van der Waals surface area contributed by atoms with Crippen molar-refractivity contribution >= 4 is 27.2 Å². The first-order valence-corrected chi connectivity index (χ1v) is 10.6. The molecule has 0 radical (unpaired) electrons. The van der Waals surface area contributed by atoms with Gasteiger partial charge in [0.05, 0.1) is 29.1 Å². The minimum absolute atomic E-state index is 0.208. The molecule has 2 N–H and O–H groups in total. The van der Waals surface area contributed by atoms with Gasteiger partial charge in [0.2, 0.25) is 0 Å². The summed E-state index contributed by atoms with van der Waals surface area (Å²) in [6, 6.07) is 17.8. The third kappa shape index (κ3) is 4.80. The second kappa shape index (κ2) is 8.75. The molecular formula is C21H23N3O3S. The molecule has 0 aliphatic heterocycles. The number of nitrogens with one attached hydrogen (secondary N) is 2. The van der Waals surface area contributed by atoms with Crippen LogP contribution in [0, 0.1) is 0 Å². The zero-order valence-corrected chi connectivity index (χ0v) is 16.7. The van der Waals surface area contributed by atoms with Crippen LogP contribution in [0.3, 0.4) is 0 Å². The number of aromatic nitrogens is 1. The molecule has 0 saturated carbocycles. The molecule has 1 aromatic heterocycles. The molecule has 146 valence electrons. The van der Waals surface area contributed by atoms with Gasteiger partial charge in [-0.1, -0.05) is 31.2 Å². The van der Waals surface area contributed by atoms with Crippen LogP contribution in [0.4, 0.5) is 17.2 Å². The van der Waals surface area contributed by atoms with Crippen molar-refractivity contribution in [3.63, 3.8) is 0 Å². The van der Waals surface area contributed by atoms with Crippen LogP contribution < -0.4 is 14.8 Å². The number of benzene rings is 2. The Morgan fingerprint density at radius 2 is 1.71 bits per heavy atom. The lowest BCUT2D eigenvalue weighted by Crippen LogP contribution is -2.13. The standard InChI is InChI=1S/C21H23N3O3S/c1-3-16-9-12-18(13-10-16)28(25,26)24-21-14-11-17(15-22-21)23-19-7-5-6-8-20(19)27-4-2/h5-15,23H,3-4H2,1-2H3,(H,22,24). The fraction of sp³-hybridized carbons (Fsp3) is 0.190. The van der Waals surface area contributed by atoms with Crippen LogP contribution in [0.2, 0.25) is 0 Å². The number of aryl methyl sites for hydroxylation is 1. The van der Waals surface area contributed by atoms with Gasteiger partial charge in [-0.3, -0.25) is 4.72 Å². The average Bonchev–Trinajstić information content (AvgIpc) is 2.71. The Morgan fingerprint density at radius 3 is 2.36 bits per heavy atom. The largest absolute Gasteiger partial charge is 0.492 e. The Labute approximate surface area is 165 Å². The number of hydrogen-bond acceptors (Lipinski definition) is 5. The molecule has 28 heavy (non-hydrogen) atoms. The van der Waals surface area contributed by atoms with E-state index in [0.717, 1.165) is 29.1 Å². The summed E-state index contributed by atoms with van der Waals surface area (Å²) in [4.78, 5) is 4.41. The van der Waals surface area contributed by atoms with E-state index in [2.05, 4.69) is 15.0 Å². The van der Waals surface area contributed by atoms with Crippen LogP contribution in [-0.2, 0) is 16.4 Å². The molecule has 0 aliphatic rings. The highest BCUT2D eigenvalue weighted by Crippen LogP contribution is 2.27. The van der Waals surface area contributed by atoms with E-state index in [9.17, 15) is 8.42 Å². The van der Waals surface area contributed by atoms with E-state index in [1.807, 2.05) is 50.2 Å². The number of anilines is 3. The molecule has 0 amide bonds. The van der Waals surface area contributed by atoms with Crippen LogP contribution in [-0.4, -0.2) is 20.0 Å². The van der Waals surface area contributed by atoms with Gasteiger partial charge in [0.1, 0.15) is 11.6 Å². The molecule has 1 heterocycles. The summed E-state index contributed by atoms with van der Waals surface area (Å²) in [6.07, 6.45) is 2.43. The Hall–Kier alpha value is -3.06. The van der Waals surface area contributed by atoms with Crippen LogP contribution in [0.1, 0.15) is 19.4 Å². The quantitative estimate of drug-likeness (QED) is 0.581. The normalized spacial score (nSPS) is 11.1. The second-order valence-electron chi connectivity index (χ2n) is 6.09. The van der Waals surface area contributed by atoms with E-state index in [0.29, 0.717) is 6.61 Å². The fourth-order valence-corrected chi connectivity index (χ4v) is 3.64. The van der Waals surface area contributed by atoms with Crippen molar-refractivity contribution in [3.8, 4) is 5.75 Å². The predicted molar refractivity (Wildman–Crippen MR) is 112 cm³/mol. The Bertz CT molecular complexity index is 1020. The zero-order valence-electron chi connectivity index (χ0n) is 15.8. The van der Waals surface area contributed by atoms with Gasteiger partial charge >= 0.3 is 0 Å². The number of hydrogen-bond donors (Lipinski definition) is 2. The van der Waals surface area contributed by atoms with E-state index < -0.39 is 10.0 Å². The molecular weight excluding hydrogens is 374 g/mol. The Kier molecular flexibility index (Phi) is 6.16. The van der Waals surface area contributed by atoms with Gasteiger partial charge in [0, 0.05) is 0 Å². The molecule has 2 aromatic carbocycles. The van der Waals surface area contributed by atoms with Gasteiger partial charge in [0.25, 0.3) is 10.0 Å². The van der Waals surface area contributed by atoms with E-state index in [4.69, 9.17) is 4.74 Å². The summed E-state index contributed by atoms with van der Waals surface area (Å²) in [7, 11) is -3.68. The summed E-state index contributed by atoms with van der Waals surface area (Å²) in [6.45, 7) is 4.51. The van der Waals surface area contributed by atoms with E-state index in [1.54, 1.807) is 30.5 Å². The number of nitrogens with zero attached hydrogens (tertiary/aromatic N) is 1. The van der Waals surface area contributed by atoms with Crippen molar-refractivity contribution in [3.05, 3.63) is 72.4 Å². The van der Waals surface area contributed by atoms with Crippen LogP contribution >= 0.6 is 0 Å². The highest BCUT2D eigenvalue weighted by molar-refractivity contribution is 7.92. The first kappa shape index (κ1) is 19.7. The maximum Gasteiger partial charge on any atom is 0.263 e. The van der Waals surface area contributed by atoms with Crippen molar-refractivity contribution in [1.29, 1.82) is 0 Å². The molecule has 0 aliphatic carbocycles. The summed E-state index contributed by atoms with van der Waals surface area (Å²) in [5.41, 5.74) is 2.62. The zero-order chi connectivity index (χ0) is 20.0. The van der Waals surface area contributed by atoms with Crippen LogP contribution in [0.5, 0.6) is 5.75 Å². The second-order valence-corrected chi connectivity index (χ2v) is 7.77. The maximum absolute atomic E-state index is 12.5. The van der Waals surface area contributed by atoms with Crippen molar-refractivity contribution in [2.45, 2.75) is 25.2 Å². The smallest absolute Gasteiger partial charge is 0.263 e. The SMILES string of the molecule is CCOc1ccccc1Nc1ccc(NS(=O)(=O)c2ccc(CC)cc2)nc1. The third-order valence-electron chi connectivity index (χ3n) is 4.11. The lowest BCUT2D eigenvalue weighted by molar-refractivity contribution is 0.342. The minimum Gasteiger partial charge on any atom is -0.492 e. The molecule has 0 unspecified atom stereocenters. The number of para-hydroxylation sites is 2. The van der Waals surface area contributed by atoms with Crippen molar-refractivity contribution in [2.24, 2.45) is 0 Å². The molecule has 0 bridgehead atoms. The molecule has 3 rings (SSSR count). The summed E-state index contributed by atoms with van der Waals surface area (Å²) in [5.74, 6) is 0.994. The molecule has 0 saturated heterocycles. The topological polar surface area (TPSA) is 80.3 Å². The van der Waals surface area contributed by atoms with E-state index >= 15 is 0 Å². The van der Waals surface area contributed by atoms with Gasteiger partial charge < -0.3 is 10.1 Å². The molecule has 3 aromatic rings. The number of rotatable bonds is 8. The monoisotopic (exact) mass is 397 g/mol. The summed E-state index contributed by atoms with van der Waals surface area (Å²) in [5, 5.41) is 3.23. The summed E-state index contributed by atoms with van der Waals surface area (Å²) >= 11 is 0. The molecule has 7 heteroatoms. The minimum atomic E-state index is -3.68. The highest BCUT2D eigenvalue weighted by atomic mass is 32.2. The van der Waals surface area contributed by atoms with Gasteiger partial charge in [-0.05, 0) is 55.3 Å². The molecule has 6 nitrogen and oxygen atoms in total. The predicted octanol–water partition coefficient (Wildman–Crippen LogP) is 4.59. The molecule has 0 fully saturated rings. The lowest BCUT2D eigenvalue weighted by atomic mass is 10.2. The van der Waals surface area contributed by atoms with Gasteiger partial charge in [-0.25, -0.2) is 13.4 Å². The van der Waals surface area contributed by atoms with Crippen LogP contribution in [0.25, 0.3) is 0 Å². The highest BCUT2D eigenvalue weighted by Gasteiger charge is 2.14. The van der Waals surface area contributed by atoms with Crippen molar-refractivity contribution in [2.75, 3.05) is 16.6 Å². The van der Waals surface area contributed by atoms with Crippen molar-refractivity contribution in [1.82, 2.24) is 4.98 Å². The first-order valence-electron chi connectivity index (χ1n) is 9.08. The Morgan fingerprint density at radius 1 is 0.964 bits per heavy atom. The van der Waals surface area contributed by atoms with Gasteiger partial charge in [0.15, 0.2) is 0 Å². The average molecular weight is 398 g/mol. The third-order valence-corrected chi connectivity index (χ3v) is 5.48. The van der Waals surface area contributed by atoms with Crippen molar-refractivity contribution < 1.29 is 13.2 Å². The molecule has 0 spiro atoms. The number of pyridine rings is 1. The van der Waals surface area contributed by atoms with Gasteiger partial charge in [-0.2, -0.15) is 0 Å². The van der Waals surface area contributed by atoms with Gasteiger partial charge in [-0.15, -0.1) is 0 Å². The van der Waals surface area contributed by atoms with E-state index in [1.165, 1.54) is 0 Å². The lowest BCUT2D eigenvalue weighted by Gasteiger charge is -2.12. The molecule has 0 atom stereocenters. The Balaban J connectivity index is 1.72. The summed E-state index contributed by atoms with van der Waals surface area (Å²) < 4.78 is 33.1. The van der Waals surface area contributed by atoms with Crippen LogP contribution in [0.15, 0.2) is 71.8 Å². The fourth-order valence-electron chi connectivity index (χ4n) is 2.64.